The summed E-state index contributed by atoms with van der Waals surface area (Å²) in [5.41, 5.74) is 4.23. The van der Waals surface area contributed by atoms with Crippen LogP contribution in [0.1, 0.15) is 42.0 Å². The smallest absolute Gasteiger partial charge is 0.174 e. The Hall–Kier alpha value is -4.35. The second kappa shape index (κ2) is 8.83. The van der Waals surface area contributed by atoms with Gasteiger partial charge in [-0.2, -0.15) is 0 Å². The fourth-order valence-electron chi connectivity index (χ4n) is 6.67. The van der Waals surface area contributed by atoms with Crippen molar-refractivity contribution in [2.75, 3.05) is 14.2 Å². The molecule has 1 N–H and O–H groups in total. The van der Waals surface area contributed by atoms with Gasteiger partial charge in [-0.25, -0.2) is 4.39 Å². The molecule has 7 rings (SSSR count). The van der Waals surface area contributed by atoms with E-state index >= 15 is 0 Å². The number of allylic oxidation sites excluding steroid dienone is 3. The Morgan fingerprint density at radius 3 is 2.38 bits per heavy atom. The number of hydrogen-bond donors (Lipinski definition) is 1. The first kappa shape index (κ1) is 24.7. The van der Waals surface area contributed by atoms with E-state index < -0.39 is 11.2 Å². The Balaban J connectivity index is 1.60. The van der Waals surface area contributed by atoms with Crippen molar-refractivity contribution in [2.24, 2.45) is 0 Å². The summed E-state index contributed by atoms with van der Waals surface area (Å²) in [7, 11) is 3.24. The van der Waals surface area contributed by atoms with E-state index in [4.69, 9.17) is 14.2 Å². The van der Waals surface area contributed by atoms with Crippen LogP contribution in [0.5, 0.6) is 17.2 Å². The molecule has 3 aliphatic rings. The van der Waals surface area contributed by atoms with Gasteiger partial charge in [0.25, 0.3) is 0 Å². The van der Waals surface area contributed by atoms with Crippen LogP contribution in [0.3, 0.4) is 0 Å². The third-order valence-electron chi connectivity index (χ3n) is 8.64. The number of fused-ring (bicyclic) bond motifs is 8. The summed E-state index contributed by atoms with van der Waals surface area (Å²) in [6, 6.07) is 18.5. The zero-order valence-corrected chi connectivity index (χ0v) is 22.6. The lowest BCUT2D eigenvalue weighted by Crippen LogP contribution is -2.36. The largest absolute Gasteiger partial charge is 0.493 e. The minimum atomic E-state index is -1.20. The third kappa shape index (κ3) is 3.21. The first-order valence-electron chi connectivity index (χ1n) is 13.5. The van der Waals surface area contributed by atoms with Gasteiger partial charge in [0, 0.05) is 22.1 Å². The molecule has 2 aliphatic carbocycles. The molecule has 0 radical (unpaired) electrons. The number of halogens is 1. The molecule has 40 heavy (non-hydrogen) atoms. The van der Waals surface area contributed by atoms with Gasteiger partial charge in [-0.3, -0.25) is 0 Å². The SMILES string of the molecule is CCC1(O)c2ccccc2-c2c1c1c(c3cc(OC)c(OC)cc23)OC(C2=CC=CC2)(c2ccc(F)cc2)C=C1. The van der Waals surface area contributed by atoms with Crippen LogP contribution in [-0.4, -0.2) is 19.3 Å². The number of methoxy groups -OCH3 is 2. The van der Waals surface area contributed by atoms with Crippen molar-refractivity contribution in [2.45, 2.75) is 31.0 Å². The summed E-state index contributed by atoms with van der Waals surface area (Å²) in [5, 5.41) is 14.1. The highest BCUT2D eigenvalue weighted by molar-refractivity contribution is 6.09. The molecule has 4 aromatic rings. The van der Waals surface area contributed by atoms with Crippen LogP contribution in [0.25, 0.3) is 28.0 Å². The Morgan fingerprint density at radius 2 is 1.70 bits per heavy atom. The Kier molecular flexibility index (Phi) is 5.45. The van der Waals surface area contributed by atoms with Crippen LogP contribution in [0.15, 0.2) is 90.5 Å². The van der Waals surface area contributed by atoms with Crippen molar-refractivity contribution in [1.29, 1.82) is 0 Å². The number of benzene rings is 4. The molecule has 4 aromatic carbocycles. The van der Waals surface area contributed by atoms with E-state index in [-0.39, 0.29) is 5.82 Å². The second-order valence-electron chi connectivity index (χ2n) is 10.5. The van der Waals surface area contributed by atoms with E-state index in [1.54, 1.807) is 26.4 Å². The van der Waals surface area contributed by atoms with Crippen LogP contribution < -0.4 is 14.2 Å². The lowest BCUT2D eigenvalue weighted by molar-refractivity contribution is 0.0800. The number of ether oxygens (including phenoxy) is 3. The highest BCUT2D eigenvalue weighted by atomic mass is 19.1. The van der Waals surface area contributed by atoms with Crippen molar-refractivity contribution in [3.05, 3.63) is 119 Å². The van der Waals surface area contributed by atoms with E-state index in [0.29, 0.717) is 30.1 Å². The standard InChI is InChI=1S/C35H29FO4/c1-4-34(37)28-12-8-7-11-24(28)31-26-19-29(38-2)30(39-3)20-27(26)33-25(32(31)34)17-18-35(40-33,21-9-5-6-10-21)22-13-15-23(36)16-14-22/h5-9,11-20,37H,4,10H2,1-3H3. The molecule has 0 fully saturated rings. The van der Waals surface area contributed by atoms with Crippen molar-refractivity contribution < 1.29 is 23.7 Å². The summed E-state index contributed by atoms with van der Waals surface area (Å²) < 4.78 is 32.6. The van der Waals surface area contributed by atoms with Gasteiger partial charge in [-0.05, 0) is 70.8 Å². The monoisotopic (exact) mass is 532 g/mol. The number of hydrogen-bond acceptors (Lipinski definition) is 4. The fourth-order valence-corrected chi connectivity index (χ4v) is 6.67. The van der Waals surface area contributed by atoms with Gasteiger partial charge in [0.2, 0.25) is 0 Å². The summed E-state index contributed by atoms with van der Waals surface area (Å²) in [4.78, 5) is 0. The number of aliphatic hydroxyl groups is 1. The zero-order valence-electron chi connectivity index (χ0n) is 22.6. The van der Waals surface area contributed by atoms with Gasteiger partial charge in [-0.1, -0.05) is 67.6 Å². The molecule has 0 saturated heterocycles. The van der Waals surface area contributed by atoms with E-state index in [9.17, 15) is 9.50 Å². The molecule has 0 bridgehead atoms. The lowest BCUT2D eigenvalue weighted by Gasteiger charge is -2.39. The van der Waals surface area contributed by atoms with Gasteiger partial charge >= 0.3 is 0 Å². The van der Waals surface area contributed by atoms with Crippen molar-refractivity contribution >= 4 is 16.8 Å². The quantitative estimate of drug-likeness (QED) is 0.285. The number of rotatable bonds is 5. The maximum atomic E-state index is 14.0. The van der Waals surface area contributed by atoms with E-state index in [1.165, 1.54) is 12.1 Å². The molecular weight excluding hydrogens is 503 g/mol. The van der Waals surface area contributed by atoms with Gasteiger partial charge in [0.15, 0.2) is 17.1 Å². The fraction of sp³-hybridized carbons (Fsp3) is 0.200. The Labute approximate surface area is 232 Å². The van der Waals surface area contributed by atoms with Crippen molar-refractivity contribution in [3.63, 3.8) is 0 Å². The molecule has 5 heteroatoms. The minimum Gasteiger partial charge on any atom is -0.493 e. The predicted octanol–water partition coefficient (Wildman–Crippen LogP) is 7.81. The van der Waals surface area contributed by atoms with Crippen LogP contribution in [0.4, 0.5) is 4.39 Å². The van der Waals surface area contributed by atoms with Crippen LogP contribution >= 0.6 is 0 Å². The molecule has 2 unspecified atom stereocenters. The molecule has 1 heterocycles. The molecule has 2 atom stereocenters. The van der Waals surface area contributed by atoms with Gasteiger partial charge in [-0.15, -0.1) is 0 Å². The Bertz CT molecular complexity index is 1780. The highest BCUT2D eigenvalue weighted by Crippen LogP contribution is 2.59. The van der Waals surface area contributed by atoms with Gasteiger partial charge < -0.3 is 19.3 Å². The maximum Gasteiger partial charge on any atom is 0.174 e. The highest BCUT2D eigenvalue weighted by Gasteiger charge is 2.47. The van der Waals surface area contributed by atoms with Crippen LogP contribution in [0.2, 0.25) is 0 Å². The molecule has 0 saturated carbocycles. The van der Waals surface area contributed by atoms with E-state index in [1.807, 2.05) is 49.4 Å². The summed E-state index contributed by atoms with van der Waals surface area (Å²) in [5.74, 6) is 1.53. The Morgan fingerprint density at radius 1 is 0.975 bits per heavy atom. The predicted molar refractivity (Wildman–Crippen MR) is 155 cm³/mol. The summed E-state index contributed by atoms with van der Waals surface area (Å²) in [6.45, 7) is 2.00. The molecule has 0 spiro atoms. The molecule has 1 aliphatic heterocycles. The first-order valence-corrected chi connectivity index (χ1v) is 13.5. The van der Waals surface area contributed by atoms with Crippen LogP contribution in [0, 0.1) is 5.82 Å². The van der Waals surface area contributed by atoms with Gasteiger partial charge in [0.1, 0.15) is 17.2 Å². The third-order valence-corrected chi connectivity index (χ3v) is 8.64. The van der Waals surface area contributed by atoms with Crippen molar-refractivity contribution in [1.82, 2.24) is 0 Å². The topological polar surface area (TPSA) is 47.9 Å². The summed E-state index contributed by atoms with van der Waals surface area (Å²) >= 11 is 0. The van der Waals surface area contributed by atoms with Crippen molar-refractivity contribution in [3.8, 4) is 28.4 Å². The molecule has 0 aromatic heterocycles. The molecule has 200 valence electrons. The van der Waals surface area contributed by atoms with Gasteiger partial charge in [0.05, 0.1) is 14.2 Å². The average Bonchev–Trinajstić information content (AvgIpc) is 3.63. The molecular formula is C35H29FO4. The normalized spacial score (nSPS) is 22.0. The van der Waals surface area contributed by atoms with E-state index in [2.05, 4.69) is 24.3 Å². The zero-order chi connectivity index (χ0) is 27.6. The molecule has 0 amide bonds. The second-order valence-corrected chi connectivity index (χ2v) is 10.5. The first-order chi connectivity index (χ1) is 19.4. The maximum absolute atomic E-state index is 14.0. The van der Waals surface area contributed by atoms with Crippen LogP contribution in [-0.2, 0) is 11.2 Å². The average molecular weight is 533 g/mol. The minimum absolute atomic E-state index is 0.302. The summed E-state index contributed by atoms with van der Waals surface area (Å²) in [6.07, 6.45) is 11.5. The lowest BCUT2D eigenvalue weighted by atomic mass is 9.79. The van der Waals surface area contributed by atoms with E-state index in [0.717, 1.165) is 49.7 Å². The molecule has 4 nitrogen and oxygen atoms in total.